The van der Waals surface area contributed by atoms with Crippen LogP contribution >= 0.6 is 11.6 Å². The first-order valence-corrected chi connectivity index (χ1v) is 5.28. The van der Waals surface area contributed by atoms with Crippen molar-refractivity contribution in [2.45, 2.75) is 0 Å². The lowest BCUT2D eigenvalue weighted by atomic mass is 10.0. The number of aromatic hydroxyl groups is 1. The zero-order valence-corrected chi connectivity index (χ0v) is 9.48. The maximum atomic E-state index is 10.9. The number of aromatic carboxylic acids is 1. The summed E-state index contributed by atoms with van der Waals surface area (Å²) >= 11 is 6.02. The van der Waals surface area contributed by atoms with Crippen molar-refractivity contribution in [1.29, 1.82) is 0 Å². The number of carbonyl (C=O) groups is 1. The molecule has 0 heterocycles. The van der Waals surface area contributed by atoms with E-state index in [0.29, 0.717) is 10.6 Å². The zero-order valence-electron chi connectivity index (χ0n) is 8.72. The SMILES string of the molecule is O=C(O)c1ccc(Cl)c(-c2ccc(O)cc2)c1. The molecule has 0 saturated carbocycles. The van der Waals surface area contributed by atoms with Gasteiger partial charge in [-0.1, -0.05) is 23.7 Å². The minimum atomic E-state index is -0.998. The monoisotopic (exact) mass is 248 g/mol. The molecule has 0 aliphatic heterocycles. The largest absolute Gasteiger partial charge is 0.508 e. The Balaban J connectivity index is 2.54. The Morgan fingerprint density at radius 2 is 1.71 bits per heavy atom. The van der Waals surface area contributed by atoms with Crippen LogP contribution in [0, 0.1) is 0 Å². The van der Waals surface area contributed by atoms with Crippen LogP contribution in [0.5, 0.6) is 5.75 Å². The molecule has 0 unspecified atom stereocenters. The Bertz CT molecular complexity index is 561. The van der Waals surface area contributed by atoms with Crippen LogP contribution in [-0.2, 0) is 0 Å². The first kappa shape index (κ1) is 11.5. The van der Waals surface area contributed by atoms with Gasteiger partial charge < -0.3 is 10.2 Å². The summed E-state index contributed by atoms with van der Waals surface area (Å²) in [7, 11) is 0. The van der Waals surface area contributed by atoms with Crippen LogP contribution < -0.4 is 0 Å². The standard InChI is InChI=1S/C13H9ClO3/c14-12-6-3-9(13(16)17)7-11(12)8-1-4-10(15)5-2-8/h1-7,15H,(H,16,17). The number of benzene rings is 2. The minimum absolute atomic E-state index is 0.152. The molecule has 0 bridgehead atoms. The normalized spacial score (nSPS) is 10.2. The average molecular weight is 249 g/mol. The molecule has 17 heavy (non-hydrogen) atoms. The zero-order chi connectivity index (χ0) is 12.4. The number of hydrogen-bond acceptors (Lipinski definition) is 2. The third-order valence-corrected chi connectivity index (χ3v) is 2.72. The Kier molecular flexibility index (Phi) is 3.02. The van der Waals surface area contributed by atoms with Crippen LogP contribution in [0.4, 0.5) is 0 Å². The van der Waals surface area contributed by atoms with Gasteiger partial charge >= 0.3 is 5.97 Å². The van der Waals surface area contributed by atoms with E-state index < -0.39 is 5.97 Å². The lowest BCUT2D eigenvalue weighted by Crippen LogP contribution is -1.96. The number of phenols is 1. The topological polar surface area (TPSA) is 57.5 Å². The second-order valence-corrected chi connectivity index (χ2v) is 3.95. The molecule has 86 valence electrons. The summed E-state index contributed by atoms with van der Waals surface area (Å²) in [5.74, 6) is -0.846. The van der Waals surface area contributed by atoms with E-state index in [1.165, 1.54) is 24.3 Å². The fraction of sp³-hybridized carbons (Fsp3) is 0. The summed E-state index contributed by atoms with van der Waals surface area (Å²) < 4.78 is 0. The maximum absolute atomic E-state index is 10.9. The number of halogens is 1. The third kappa shape index (κ3) is 2.40. The number of carboxylic acid groups (broad SMARTS) is 1. The van der Waals surface area contributed by atoms with Gasteiger partial charge in [0.1, 0.15) is 5.75 Å². The molecular formula is C13H9ClO3. The highest BCUT2D eigenvalue weighted by atomic mass is 35.5. The molecule has 0 aliphatic rings. The molecule has 2 N–H and O–H groups in total. The fourth-order valence-corrected chi connectivity index (χ4v) is 1.75. The lowest BCUT2D eigenvalue weighted by Gasteiger charge is -2.06. The van der Waals surface area contributed by atoms with Gasteiger partial charge in [0.2, 0.25) is 0 Å². The van der Waals surface area contributed by atoms with Gasteiger partial charge in [-0.05, 0) is 35.9 Å². The molecular weight excluding hydrogens is 240 g/mol. The molecule has 0 saturated heterocycles. The Labute approximate surface area is 103 Å². The molecule has 0 aliphatic carbocycles. The molecule has 0 radical (unpaired) electrons. The first-order valence-electron chi connectivity index (χ1n) is 4.90. The Morgan fingerprint density at radius 1 is 1.06 bits per heavy atom. The molecule has 4 heteroatoms. The highest BCUT2D eigenvalue weighted by Crippen LogP contribution is 2.29. The van der Waals surface area contributed by atoms with Gasteiger partial charge in [-0.2, -0.15) is 0 Å². The van der Waals surface area contributed by atoms with E-state index in [-0.39, 0.29) is 11.3 Å². The smallest absolute Gasteiger partial charge is 0.335 e. The molecule has 0 amide bonds. The quantitative estimate of drug-likeness (QED) is 0.856. The maximum Gasteiger partial charge on any atom is 0.335 e. The van der Waals surface area contributed by atoms with Crippen molar-refractivity contribution in [3.05, 3.63) is 53.1 Å². The van der Waals surface area contributed by atoms with Gasteiger partial charge in [0, 0.05) is 10.6 Å². The van der Waals surface area contributed by atoms with E-state index >= 15 is 0 Å². The summed E-state index contributed by atoms with van der Waals surface area (Å²) in [6.45, 7) is 0. The fourth-order valence-electron chi connectivity index (χ4n) is 1.52. The molecule has 3 nitrogen and oxygen atoms in total. The molecule has 0 spiro atoms. The van der Waals surface area contributed by atoms with Gasteiger partial charge in [0.05, 0.1) is 5.56 Å². The second kappa shape index (κ2) is 4.47. The molecule has 2 rings (SSSR count). The van der Waals surface area contributed by atoms with E-state index in [4.69, 9.17) is 16.7 Å². The van der Waals surface area contributed by atoms with Crippen LogP contribution in [0.3, 0.4) is 0 Å². The minimum Gasteiger partial charge on any atom is -0.508 e. The van der Waals surface area contributed by atoms with Crippen molar-refractivity contribution < 1.29 is 15.0 Å². The van der Waals surface area contributed by atoms with E-state index in [9.17, 15) is 9.90 Å². The van der Waals surface area contributed by atoms with Gasteiger partial charge in [0.15, 0.2) is 0 Å². The number of rotatable bonds is 2. The van der Waals surface area contributed by atoms with Gasteiger partial charge in [-0.15, -0.1) is 0 Å². The van der Waals surface area contributed by atoms with Crippen molar-refractivity contribution in [2.24, 2.45) is 0 Å². The predicted molar refractivity (Wildman–Crippen MR) is 65.5 cm³/mol. The molecule has 2 aromatic rings. The van der Waals surface area contributed by atoms with Crippen LogP contribution in [0.2, 0.25) is 5.02 Å². The van der Waals surface area contributed by atoms with Crippen molar-refractivity contribution in [2.75, 3.05) is 0 Å². The molecule has 0 aromatic heterocycles. The van der Waals surface area contributed by atoms with Gasteiger partial charge in [0.25, 0.3) is 0 Å². The van der Waals surface area contributed by atoms with Gasteiger partial charge in [-0.3, -0.25) is 0 Å². The highest BCUT2D eigenvalue weighted by Gasteiger charge is 2.08. The van der Waals surface area contributed by atoms with Crippen molar-refractivity contribution in [1.82, 2.24) is 0 Å². The van der Waals surface area contributed by atoms with Crippen molar-refractivity contribution >= 4 is 17.6 Å². The number of phenolic OH excluding ortho intramolecular Hbond substituents is 1. The number of carboxylic acids is 1. The summed E-state index contributed by atoms with van der Waals surface area (Å²) in [5, 5.41) is 18.6. The molecule has 0 atom stereocenters. The van der Waals surface area contributed by atoms with E-state index in [0.717, 1.165) is 5.56 Å². The highest BCUT2D eigenvalue weighted by molar-refractivity contribution is 6.33. The average Bonchev–Trinajstić information content (AvgIpc) is 2.31. The van der Waals surface area contributed by atoms with Crippen LogP contribution in [0.1, 0.15) is 10.4 Å². The van der Waals surface area contributed by atoms with E-state index in [1.54, 1.807) is 18.2 Å². The van der Waals surface area contributed by atoms with Gasteiger partial charge in [-0.25, -0.2) is 4.79 Å². The Hall–Kier alpha value is -2.00. The van der Waals surface area contributed by atoms with Crippen LogP contribution in [0.15, 0.2) is 42.5 Å². The molecule has 2 aromatic carbocycles. The van der Waals surface area contributed by atoms with Crippen molar-refractivity contribution in [3.8, 4) is 16.9 Å². The second-order valence-electron chi connectivity index (χ2n) is 3.55. The summed E-state index contributed by atoms with van der Waals surface area (Å²) in [6, 6.07) is 10.9. The first-order chi connectivity index (χ1) is 8.08. The van der Waals surface area contributed by atoms with Crippen molar-refractivity contribution in [3.63, 3.8) is 0 Å². The third-order valence-electron chi connectivity index (χ3n) is 2.39. The predicted octanol–water partition coefficient (Wildman–Crippen LogP) is 3.41. The summed E-state index contributed by atoms with van der Waals surface area (Å²) in [4.78, 5) is 10.9. The van der Waals surface area contributed by atoms with E-state index in [1.807, 2.05) is 0 Å². The number of hydrogen-bond donors (Lipinski definition) is 2. The van der Waals surface area contributed by atoms with Crippen LogP contribution in [0.25, 0.3) is 11.1 Å². The summed E-state index contributed by atoms with van der Waals surface area (Å²) in [6.07, 6.45) is 0. The van der Waals surface area contributed by atoms with E-state index in [2.05, 4.69) is 0 Å². The summed E-state index contributed by atoms with van der Waals surface area (Å²) in [5.41, 5.74) is 1.57. The molecule has 0 fully saturated rings. The van der Waals surface area contributed by atoms with Crippen LogP contribution in [-0.4, -0.2) is 16.2 Å². The lowest BCUT2D eigenvalue weighted by molar-refractivity contribution is 0.0697. The Morgan fingerprint density at radius 3 is 2.29 bits per heavy atom.